The maximum Gasteiger partial charge on any atom is 0.322 e. The number of carbonyl (C=O) groups excluding carboxylic acids is 1. The van der Waals surface area contributed by atoms with Crippen LogP contribution in [-0.4, -0.2) is 23.7 Å². The highest BCUT2D eigenvalue weighted by Gasteiger charge is 2.38. The molecule has 0 fully saturated rings. The van der Waals surface area contributed by atoms with Gasteiger partial charge in [0.2, 0.25) is 0 Å². The Labute approximate surface area is 153 Å². The maximum absolute atomic E-state index is 13.6. The van der Waals surface area contributed by atoms with E-state index in [1.54, 1.807) is 31.2 Å². The van der Waals surface area contributed by atoms with Crippen molar-refractivity contribution in [1.29, 1.82) is 0 Å². The summed E-state index contributed by atoms with van der Waals surface area (Å²) >= 11 is 0. The van der Waals surface area contributed by atoms with E-state index in [0.29, 0.717) is 16.8 Å². The number of anilines is 2. The average molecular weight is 377 g/mol. The fourth-order valence-electron chi connectivity index (χ4n) is 3.17. The van der Waals surface area contributed by atoms with Gasteiger partial charge in [-0.3, -0.25) is 20.3 Å². The quantitative estimate of drug-likeness (QED) is 0.560. The number of primary amides is 1. The van der Waals surface area contributed by atoms with Crippen molar-refractivity contribution < 1.29 is 18.5 Å². The SMILES string of the molecule is Cc1cccc([N+](=O)[O-])c1N(C(N)=O)C1Nc2ccccc2C(C(F)F)N1. The van der Waals surface area contributed by atoms with Crippen molar-refractivity contribution in [3.05, 3.63) is 63.7 Å². The summed E-state index contributed by atoms with van der Waals surface area (Å²) in [5.74, 6) is 0. The highest BCUT2D eigenvalue weighted by Crippen LogP contribution is 2.37. The molecular weight excluding hydrogens is 360 g/mol. The van der Waals surface area contributed by atoms with E-state index < -0.39 is 29.7 Å². The van der Waals surface area contributed by atoms with Gasteiger partial charge in [-0.15, -0.1) is 0 Å². The van der Waals surface area contributed by atoms with Gasteiger partial charge in [0, 0.05) is 11.8 Å². The summed E-state index contributed by atoms with van der Waals surface area (Å²) in [5, 5.41) is 17.0. The Morgan fingerprint density at radius 3 is 2.59 bits per heavy atom. The molecule has 2 aromatic rings. The molecule has 0 radical (unpaired) electrons. The number of para-hydroxylation sites is 2. The van der Waals surface area contributed by atoms with Crippen molar-refractivity contribution in [2.45, 2.75) is 25.7 Å². The Kier molecular flexibility index (Phi) is 4.91. The number of hydrogen-bond acceptors (Lipinski definition) is 5. The number of nitrogens with two attached hydrogens (primary N) is 1. The molecule has 2 aromatic carbocycles. The van der Waals surface area contributed by atoms with Crippen LogP contribution in [0.2, 0.25) is 0 Å². The standard InChI is InChI=1S/C17H17F2N5O3/c1-9-5-4-8-12(24(26)27)14(9)23(16(20)25)17-21-11-7-3-2-6-10(11)13(22-17)15(18)19/h2-8,13,15,17,21-22H,1H3,(H2,20,25). The van der Waals surface area contributed by atoms with E-state index in [4.69, 9.17) is 5.73 Å². The number of hydrogen-bond donors (Lipinski definition) is 3. The minimum atomic E-state index is -2.77. The summed E-state index contributed by atoms with van der Waals surface area (Å²) in [4.78, 5) is 23.8. The predicted molar refractivity (Wildman–Crippen MR) is 95.6 cm³/mol. The van der Waals surface area contributed by atoms with E-state index in [1.165, 1.54) is 18.2 Å². The molecule has 10 heteroatoms. The van der Waals surface area contributed by atoms with E-state index in [1.807, 2.05) is 0 Å². The molecule has 4 N–H and O–H groups in total. The monoisotopic (exact) mass is 377 g/mol. The number of amides is 2. The van der Waals surface area contributed by atoms with Gasteiger partial charge in [-0.25, -0.2) is 13.6 Å². The Morgan fingerprint density at radius 1 is 1.26 bits per heavy atom. The predicted octanol–water partition coefficient (Wildman–Crippen LogP) is 3.09. The maximum atomic E-state index is 13.6. The van der Waals surface area contributed by atoms with Crippen LogP contribution in [0.5, 0.6) is 0 Å². The molecule has 142 valence electrons. The molecule has 0 spiro atoms. The summed E-state index contributed by atoms with van der Waals surface area (Å²) in [6.07, 6.45) is -3.96. The highest BCUT2D eigenvalue weighted by atomic mass is 19.3. The molecule has 0 aromatic heterocycles. The largest absolute Gasteiger partial charge is 0.352 e. The summed E-state index contributed by atoms with van der Waals surface area (Å²) in [7, 11) is 0. The van der Waals surface area contributed by atoms with Gasteiger partial charge >= 0.3 is 6.03 Å². The molecule has 0 saturated heterocycles. The number of nitro groups is 1. The van der Waals surface area contributed by atoms with Crippen molar-refractivity contribution in [2.75, 3.05) is 10.2 Å². The first-order chi connectivity index (χ1) is 12.8. The van der Waals surface area contributed by atoms with E-state index in [0.717, 1.165) is 4.90 Å². The van der Waals surface area contributed by atoms with E-state index in [9.17, 15) is 23.7 Å². The molecule has 1 aliphatic rings. The van der Waals surface area contributed by atoms with Crippen molar-refractivity contribution >= 4 is 23.1 Å². The lowest BCUT2D eigenvalue weighted by atomic mass is 10.0. The summed E-state index contributed by atoms with van der Waals surface area (Å²) in [5.41, 5.74) is 6.17. The second kappa shape index (κ2) is 7.16. The number of aryl methyl sites for hydroxylation is 1. The van der Waals surface area contributed by atoms with Gasteiger partial charge in [-0.1, -0.05) is 30.3 Å². The number of carbonyl (C=O) groups is 1. The van der Waals surface area contributed by atoms with Crippen LogP contribution in [0.15, 0.2) is 42.5 Å². The van der Waals surface area contributed by atoms with Gasteiger partial charge in [-0.2, -0.15) is 0 Å². The molecule has 0 bridgehead atoms. The number of alkyl halides is 2. The topological polar surface area (TPSA) is 114 Å². The molecule has 27 heavy (non-hydrogen) atoms. The first-order valence-corrected chi connectivity index (χ1v) is 8.03. The lowest BCUT2D eigenvalue weighted by molar-refractivity contribution is -0.384. The molecular formula is C17H17F2N5O3. The van der Waals surface area contributed by atoms with Gasteiger partial charge < -0.3 is 11.1 Å². The van der Waals surface area contributed by atoms with Crippen LogP contribution in [0.4, 0.5) is 30.6 Å². The molecule has 2 unspecified atom stereocenters. The van der Waals surface area contributed by atoms with E-state index in [-0.39, 0.29) is 11.4 Å². The fourth-order valence-corrected chi connectivity index (χ4v) is 3.17. The number of benzene rings is 2. The van der Waals surface area contributed by atoms with Gasteiger partial charge in [0.25, 0.3) is 12.1 Å². The summed E-state index contributed by atoms with van der Waals surface area (Å²) in [6, 6.07) is 8.26. The first-order valence-electron chi connectivity index (χ1n) is 8.03. The minimum absolute atomic E-state index is 0.0626. The molecule has 3 rings (SSSR count). The smallest absolute Gasteiger partial charge is 0.322 e. The van der Waals surface area contributed by atoms with Gasteiger partial charge in [0.15, 0.2) is 6.29 Å². The van der Waals surface area contributed by atoms with Crippen LogP contribution in [0.25, 0.3) is 0 Å². The summed E-state index contributed by atoms with van der Waals surface area (Å²) < 4.78 is 27.2. The third-order valence-electron chi connectivity index (χ3n) is 4.33. The minimum Gasteiger partial charge on any atom is -0.352 e. The number of nitro benzene ring substituents is 1. The lowest BCUT2D eigenvalue weighted by Gasteiger charge is -2.39. The van der Waals surface area contributed by atoms with Crippen molar-refractivity contribution in [3.8, 4) is 0 Å². The number of rotatable bonds is 4. The summed E-state index contributed by atoms with van der Waals surface area (Å²) in [6.45, 7) is 1.57. The number of halogens is 2. The first kappa shape index (κ1) is 18.5. The Hall–Kier alpha value is -3.27. The second-order valence-electron chi connectivity index (χ2n) is 6.02. The normalized spacial score (nSPS) is 18.5. The molecule has 2 atom stereocenters. The fraction of sp³-hybridized carbons (Fsp3) is 0.235. The van der Waals surface area contributed by atoms with E-state index >= 15 is 0 Å². The molecule has 8 nitrogen and oxygen atoms in total. The van der Waals surface area contributed by atoms with Crippen molar-refractivity contribution in [3.63, 3.8) is 0 Å². The molecule has 0 aliphatic carbocycles. The van der Waals surface area contributed by atoms with Crippen molar-refractivity contribution in [2.24, 2.45) is 5.73 Å². The Morgan fingerprint density at radius 2 is 1.96 bits per heavy atom. The van der Waals surface area contributed by atoms with E-state index in [2.05, 4.69) is 10.6 Å². The molecule has 2 amide bonds. The van der Waals surface area contributed by atoms with Gasteiger partial charge in [0.1, 0.15) is 5.69 Å². The Bertz CT molecular complexity index is 893. The van der Waals surface area contributed by atoms with Crippen LogP contribution in [0.3, 0.4) is 0 Å². The third kappa shape index (κ3) is 3.38. The molecule has 0 saturated carbocycles. The van der Waals surface area contributed by atoms with Crippen LogP contribution >= 0.6 is 0 Å². The number of urea groups is 1. The zero-order valence-electron chi connectivity index (χ0n) is 14.2. The third-order valence-corrected chi connectivity index (χ3v) is 4.33. The second-order valence-corrected chi connectivity index (χ2v) is 6.02. The number of nitrogens with one attached hydrogen (secondary N) is 2. The number of nitrogens with zero attached hydrogens (tertiary/aromatic N) is 2. The zero-order chi connectivity index (χ0) is 19.7. The Balaban J connectivity index is 2.11. The van der Waals surface area contributed by atoms with Crippen LogP contribution in [0, 0.1) is 17.0 Å². The lowest BCUT2D eigenvalue weighted by Crippen LogP contribution is -2.59. The zero-order valence-corrected chi connectivity index (χ0v) is 14.2. The van der Waals surface area contributed by atoms with Gasteiger partial charge in [0.05, 0.1) is 11.0 Å². The van der Waals surface area contributed by atoms with Crippen molar-refractivity contribution in [1.82, 2.24) is 5.32 Å². The van der Waals surface area contributed by atoms with Crippen LogP contribution in [0.1, 0.15) is 17.2 Å². The average Bonchev–Trinajstić information content (AvgIpc) is 2.62. The molecule has 1 heterocycles. The van der Waals surface area contributed by atoms with Gasteiger partial charge in [-0.05, 0) is 24.1 Å². The highest BCUT2D eigenvalue weighted by molar-refractivity contribution is 5.95. The number of fused-ring (bicyclic) bond motifs is 1. The molecule has 1 aliphatic heterocycles. The van der Waals surface area contributed by atoms with Crippen LogP contribution in [-0.2, 0) is 0 Å². The van der Waals surface area contributed by atoms with Crippen LogP contribution < -0.4 is 21.3 Å².